The van der Waals surface area contributed by atoms with Crippen molar-refractivity contribution in [3.05, 3.63) is 17.2 Å². The highest BCUT2D eigenvalue weighted by atomic mass is 35.5. The van der Waals surface area contributed by atoms with Gasteiger partial charge in [-0.2, -0.15) is 0 Å². The van der Waals surface area contributed by atoms with Crippen LogP contribution in [0.4, 0.5) is 5.69 Å². The van der Waals surface area contributed by atoms with Gasteiger partial charge < -0.3 is 14.8 Å². The molecular formula is C16H25ClN2O5S. The second kappa shape index (κ2) is 9.72. The molecule has 0 aliphatic rings. The molecule has 25 heavy (non-hydrogen) atoms. The first-order valence-corrected chi connectivity index (χ1v) is 10.1. The summed E-state index contributed by atoms with van der Waals surface area (Å²) in [5, 5.41) is 3.03. The maximum atomic E-state index is 12.2. The van der Waals surface area contributed by atoms with Crippen LogP contribution in [0, 0.1) is 0 Å². The second-order valence-corrected chi connectivity index (χ2v) is 7.76. The van der Waals surface area contributed by atoms with Crippen molar-refractivity contribution in [2.45, 2.75) is 26.2 Å². The molecule has 1 amide bonds. The maximum Gasteiger partial charge on any atom is 0.232 e. The molecule has 0 fully saturated rings. The van der Waals surface area contributed by atoms with Crippen LogP contribution in [0.1, 0.15) is 26.2 Å². The zero-order valence-electron chi connectivity index (χ0n) is 15.0. The number of methoxy groups -OCH3 is 2. The summed E-state index contributed by atoms with van der Waals surface area (Å²) in [6.45, 7) is 2.25. The molecule has 0 atom stereocenters. The average molecular weight is 393 g/mol. The Kier molecular flexibility index (Phi) is 8.31. The monoisotopic (exact) mass is 392 g/mol. The highest BCUT2D eigenvalue weighted by molar-refractivity contribution is 7.92. The normalized spacial score (nSPS) is 11.1. The van der Waals surface area contributed by atoms with Crippen molar-refractivity contribution < 1.29 is 22.7 Å². The third kappa shape index (κ3) is 6.28. The van der Waals surface area contributed by atoms with E-state index < -0.39 is 10.0 Å². The van der Waals surface area contributed by atoms with Gasteiger partial charge in [-0.1, -0.05) is 24.9 Å². The van der Waals surface area contributed by atoms with Crippen LogP contribution in [0.3, 0.4) is 0 Å². The summed E-state index contributed by atoms with van der Waals surface area (Å²) >= 11 is 6.06. The van der Waals surface area contributed by atoms with Crippen molar-refractivity contribution in [3.8, 4) is 11.5 Å². The molecule has 0 heterocycles. The van der Waals surface area contributed by atoms with Crippen LogP contribution < -0.4 is 19.1 Å². The van der Waals surface area contributed by atoms with Gasteiger partial charge in [0.05, 0.1) is 37.7 Å². The zero-order chi connectivity index (χ0) is 19.0. The smallest absolute Gasteiger partial charge is 0.232 e. The molecule has 0 saturated carbocycles. The molecule has 0 spiro atoms. The topological polar surface area (TPSA) is 84.9 Å². The minimum absolute atomic E-state index is 0.0673. The van der Waals surface area contributed by atoms with Gasteiger partial charge in [-0.25, -0.2) is 8.42 Å². The molecular weight excluding hydrogens is 368 g/mol. The van der Waals surface area contributed by atoms with E-state index in [2.05, 4.69) is 5.32 Å². The number of hydrogen-bond acceptors (Lipinski definition) is 5. The fourth-order valence-electron chi connectivity index (χ4n) is 2.23. The number of carbonyl (C=O) groups excluding carboxylic acids is 1. The summed E-state index contributed by atoms with van der Waals surface area (Å²) in [4.78, 5) is 11.7. The minimum Gasteiger partial charge on any atom is -0.495 e. The van der Waals surface area contributed by atoms with Crippen molar-refractivity contribution in [1.82, 2.24) is 5.32 Å². The van der Waals surface area contributed by atoms with Crippen LogP contribution in [-0.2, 0) is 14.8 Å². The summed E-state index contributed by atoms with van der Waals surface area (Å²) in [6.07, 6.45) is 3.23. The average Bonchev–Trinajstić information content (AvgIpc) is 2.55. The minimum atomic E-state index is -3.60. The summed E-state index contributed by atoms with van der Waals surface area (Å²) in [7, 11) is -0.734. The summed E-state index contributed by atoms with van der Waals surface area (Å²) in [5.41, 5.74) is 0.300. The molecule has 0 radical (unpaired) electrons. The third-order valence-electron chi connectivity index (χ3n) is 3.52. The van der Waals surface area contributed by atoms with E-state index in [0.717, 1.165) is 23.4 Å². The van der Waals surface area contributed by atoms with Gasteiger partial charge in [0.25, 0.3) is 0 Å². The Morgan fingerprint density at radius 2 is 1.88 bits per heavy atom. The van der Waals surface area contributed by atoms with Gasteiger partial charge in [0.15, 0.2) is 0 Å². The number of benzene rings is 1. The highest BCUT2D eigenvalue weighted by Crippen LogP contribution is 2.38. The number of nitrogens with one attached hydrogen (secondary N) is 1. The molecule has 1 N–H and O–H groups in total. The van der Waals surface area contributed by atoms with E-state index in [9.17, 15) is 13.2 Å². The van der Waals surface area contributed by atoms with Crippen LogP contribution >= 0.6 is 11.6 Å². The predicted molar refractivity (Wildman–Crippen MR) is 99.3 cm³/mol. The number of carbonyl (C=O) groups is 1. The third-order valence-corrected chi connectivity index (χ3v) is 4.99. The van der Waals surface area contributed by atoms with Crippen molar-refractivity contribution in [3.63, 3.8) is 0 Å². The highest BCUT2D eigenvalue weighted by Gasteiger charge is 2.23. The first-order valence-electron chi connectivity index (χ1n) is 7.90. The fraction of sp³-hybridized carbons (Fsp3) is 0.562. The van der Waals surface area contributed by atoms with Gasteiger partial charge in [0.2, 0.25) is 15.9 Å². The first-order chi connectivity index (χ1) is 11.7. The molecule has 1 aromatic rings. The van der Waals surface area contributed by atoms with Gasteiger partial charge >= 0.3 is 0 Å². The Balaban J connectivity index is 3.02. The van der Waals surface area contributed by atoms with E-state index in [1.807, 2.05) is 6.92 Å². The van der Waals surface area contributed by atoms with Crippen molar-refractivity contribution in [2.24, 2.45) is 0 Å². The maximum absolute atomic E-state index is 12.2. The number of halogens is 1. The number of nitrogens with zero attached hydrogens (tertiary/aromatic N) is 1. The lowest BCUT2D eigenvalue weighted by atomic mass is 10.2. The van der Waals surface area contributed by atoms with Crippen LogP contribution in [0.25, 0.3) is 0 Å². The number of unbranched alkanes of at least 4 members (excludes halogenated alkanes) is 1. The largest absolute Gasteiger partial charge is 0.495 e. The molecule has 0 aliphatic carbocycles. The number of anilines is 1. The molecule has 9 heteroatoms. The molecule has 1 rings (SSSR count). The second-order valence-electron chi connectivity index (χ2n) is 5.45. The molecule has 0 aliphatic heterocycles. The summed E-state index contributed by atoms with van der Waals surface area (Å²) < 4.78 is 36.0. The van der Waals surface area contributed by atoms with E-state index in [0.29, 0.717) is 28.6 Å². The van der Waals surface area contributed by atoms with Crippen LogP contribution in [0.15, 0.2) is 12.1 Å². The summed E-state index contributed by atoms with van der Waals surface area (Å²) in [5.74, 6) is 0.530. The molecule has 0 aromatic heterocycles. The number of amides is 1. The zero-order valence-corrected chi connectivity index (χ0v) is 16.5. The Bertz CT molecular complexity index is 694. The molecule has 1 aromatic carbocycles. The van der Waals surface area contributed by atoms with Crippen molar-refractivity contribution in [2.75, 3.05) is 37.9 Å². The number of hydrogen-bond donors (Lipinski definition) is 1. The lowest BCUT2D eigenvalue weighted by Crippen LogP contribution is -2.38. The lowest BCUT2D eigenvalue weighted by molar-refractivity contribution is -0.121. The lowest BCUT2D eigenvalue weighted by Gasteiger charge is -2.25. The number of ether oxygens (including phenoxy) is 2. The predicted octanol–water partition coefficient (Wildman–Crippen LogP) is 2.43. The van der Waals surface area contributed by atoms with E-state index in [1.165, 1.54) is 26.4 Å². The molecule has 0 saturated heterocycles. The van der Waals surface area contributed by atoms with Crippen molar-refractivity contribution >= 4 is 33.2 Å². The van der Waals surface area contributed by atoms with Gasteiger partial charge in [0.1, 0.15) is 11.5 Å². The van der Waals surface area contributed by atoms with Crippen LogP contribution in [0.5, 0.6) is 11.5 Å². The van der Waals surface area contributed by atoms with Crippen LogP contribution in [0.2, 0.25) is 5.02 Å². The Labute approximate surface area is 154 Å². The number of rotatable bonds is 10. The molecule has 0 bridgehead atoms. The quantitative estimate of drug-likeness (QED) is 0.661. The van der Waals surface area contributed by atoms with E-state index in [-0.39, 0.29) is 19.0 Å². The van der Waals surface area contributed by atoms with Gasteiger partial charge in [-0.05, 0) is 6.42 Å². The molecule has 7 nitrogen and oxygen atoms in total. The van der Waals surface area contributed by atoms with E-state index >= 15 is 0 Å². The summed E-state index contributed by atoms with van der Waals surface area (Å²) in [6, 6.07) is 2.99. The standard InChI is InChI=1S/C16H25ClN2O5S/c1-5-6-7-16(20)18-8-9-19(25(4,21)22)13-11-14(23-2)12(17)10-15(13)24-3/h10-11H,5-9H2,1-4H3,(H,18,20). The van der Waals surface area contributed by atoms with E-state index in [1.54, 1.807) is 0 Å². The first kappa shape index (κ1) is 21.4. The Hall–Kier alpha value is -1.67. The number of sulfonamides is 1. The van der Waals surface area contributed by atoms with Gasteiger partial charge in [-0.3, -0.25) is 9.10 Å². The fourth-order valence-corrected chi connectivity index (χ4v) is 3.38. The Morgan fingerprint density at radius 1 is 1.24 bits per heavy atom. The van der Waals surface area contributed by atoms with Gasteiger partial charge in [-0.15, -0.1) is 0 Å². The SMILES string of the molecule is CCCCC(=O)NCCN(c1cc(OC)c(Cl)cc1OC)S(C)(=O)=O. The van der Waals surface area contributed by atoms with E-state index in [4.69, 9.17) is 21.1 Å². The van der Waals surface area contributed by atoms with Gasteiger partial charge in [0, 0.05) is 25.1 Å². The van der Waals surface area contributed by atoms with Crippen molar-refractivity contribution in [1.29, 1.82) is 0 Å². The molecule has 142 valence electrons. The molecule has 0 unspecified atom stereocenters. The Morgan fingerprint density at radius 3 is 2.40 bits per heavy atom. The van der Waals surface area contributed by atoms with Crippen LogP contribution in [-0.4, -0.2) is 47.9 Å².